The SMILES string of the molecule is COc1ccc(CN2CCCC2C2CCCN2)cc1OC. The van der Waals surface area contributed by atoms with E-state index in [-0.39, 0.29) is 0 Å². The molecule has 1 aromatic carbocycles. The van der Waals surface area contributed by atoms with E-state index in [9.17, 15) is 0 Å². The van der Waals surface area contributed by atoms with E-state index in [2.05, 4.69) is 22.3 Å². The van der Waals surface area contributed by atoms with Crippen LogP contribution < -0.4 is 14.8 Å². The van der Waals surface area contributed by atoms with Crippen molar-refractivity contribution in [1.82, 2.24) is 10.2 Å². The van der Waals surface area contributed by atoms with Crippen LogP contribution in [0.25, 0.3) is 0 Å². The fraction of sp³-hybridized carbons (Fsp3) is 0.647. The number of nitrogens with one attached hydrogen (secondary N) is 1. The minimum atomic E-state index is 0.688. The lowest BCUT2D eigenvalue weighted by Gasteiger charge is -2.29. The van der Waals surface area contributed by atoms with Crippen LogP contribution in [0, 0.1) is 0 Å². The maximum atomic E-state index is 5.41. The van der Waals surface area contributed by atoms with Gasteiger partial charge in [-0.1, -0.05) is 6.07 Å². The second kappa shape index (κ2) is 6.67. The Morgan fingerprint density at radius 2 is 2.00 bits per heavy atom. The van der Waals surface area contributed by atoms with Gasteiger partial charge in [0, 0.05) is 18.6 Å². The van der Waals surface area contributed by atoms with Crippen molar-refractivity contribution >= 4 is 0 Å². The Hall–Kier alpha value is -1.26. The first-order valence-corrected chi connectivity index (χ1v) is 8.00. The van der Waals surface area contributed by atoms with Crippen molar-refractivity contribution in [2.45, 2.75) is 44.3 Å². The van der Waals surface area contributed by atoms with Gasteiger partial charge in [0.1, 0.15) is 0 Å². The largest absolute Gasteiger partial charge is 0.493 e. The van der Waals surface area contributed by atoms with Crippen molar-refractivity contribution in [1.29, 1.82) is 0 Å². The lowest BCUT2D eigenvalue weighted by molar-refractivity contribution is 0.206. The Morgan fingerprint density at radius 3 is 2.71 bits per heavy atom. The summed E-state index contributed by atoms with van der Waals surface area (Å²) in [5, 5.41) is 3.67. The van der Waals surface area contributed by atoms with Crippen molar-refractivity contribution in [3.05, 3.63) is 23.8 Å². The molecule has 0 aliphatic carbocycles. The average Bonchev–Trinajstić information content (AvgIpc) is 3.17. The van der Waals surface area contributed by atoms with Crippen molar-refractivity contribution < 1.29 is 9.47 Å². The number of likely N-dealkylation sites (tertiary alicyclic amines) is 1. The molecule has 2 aliphatic rings. The first kappa shape index (κ1) is 14.7. The lowest BCUT2D eigenvalue weighted by Crippen LogP contribution is -2.43. The van der Waals surface area contributed by atoms with Crippen LogP contribution in [0.4, 0.5) is 0 Å². The normalized spacial score (nSPS) is 26.2. The fourth-order valence-electron chi connectivity index (χ4n) is 3.76. The molecule has 3 rings (SSSR count). The molecule has 0 saturated carbocycles. The monoisotopic (exact) mass is 290 g/mol. The highest BCUT2D eigenvalue weighted by atomic mass is 16.5. The van der Waals surface area contributed by atoms with Gasteiger partial charge >= 0.3 is 0 Å². The highest BCUT2D eigenvalue weighted by molar-refractivity contribution is 5.42. The van der Waals surface area contributed by atoms with E-state index in [4.69, 9.17) is 9.47 Å². The highest BCUT2D eigenvalue weighted by Gasteiger charge is 2.33. The molecule has 1 aromatic rings. The van der Waals surface area contributed by atoms with E-state index >= 15 is 0 Å². The molecule has 116 valence electrons. The van der Waals surface area contributed by atoms with Crippen LogP contribution >= 0.6 is 0 Å². The molecule has 4 nitrogen and oxygen atoms in total. The number of nitrogens with zero attached hydrogens (tertiary/aromatic N) is 1. The smallest absolute Gasteiger partial charge is 0.161 e. The number of rotatable bonds is 5. The average molecular weight is 290 g/mol. The van der Waals surface area contributed by atoms with Gasteiger partial charge in [-0.3, -0.25) is 4.90 Å². The van der Waals surface area contributed by atoms with Crippen molar-refractivity contribution in [3.63, 3.8) is 0 Å². The van der Waals surface area contributed by atoms with Crippen molar-refractivity contribution in [2.75, 3.05) is 27.3 Å². The molecule has 2 heterocycles. The van der Waals surface area contributed by atoms with E-state index in [1.807, 2.05) is 6.07 Å². The molecule has 21 heavy (non-hydrogen) atoms. The molecule has 2 unspecified atom stereocenters. The summed E-state index contributed by atoms with van der Waals surface area (Å²) in [6, 6.07) is 7.65. The molecule has 2 saturated heterocycles. The number of methoxy groups -OCH3 is 2. The van der Waals surface area contributed by atoms with Crippen LogP contribution in [-0.2, 0) is 6.54 Å². The third kappa shape index (κ3) is 3.16. The van der Waals surface area contributed by atoms with Gasteiger partial charge in [0.2, 0.25) is 0 Å². The van der Waals surface area contributed by atoms with Gasteiger partial charge in [0.25, 0.3) is 0 Å². The number of hydrogen-bond donors (Lipinski definition) is 1. The molecule has 2 fully saturated rings. The molecule has 0 radical (unpaired) electrons. The van der Waals surface area contributed by atoms with Crippen LogP contribution in [0.2, 0.25) is 0 Å². The zero-order valence-corrected chi connectivity index (χ0v) is 13.1. The van der Waals surface area contributed by atoms with E-state index < -0.39 is 0 Å². The first-order chi connectivity index (χ1) is 10.3. The minimum absolute atomic E-state index is 0.688. The van der Waals surface area contributed by atoms with E-state index in [0.717, 1.165) is 18.0 Å². The van der Waals surface area contributed by atoms with Gasteiger partial charge in [-0.15, -0.1) is 0 Å². The Balaban J connectivity index is 1.70. The van der Waals surface area contributed by atoms with Gasteiger partial charge in [0.05, 0.1) is 14.2 Å². The first-order valence-electron chi connectivity index (χ1n) is 8.00. The van der Waals surface area contributed by atoms with Gasteiger partial charge in [0.15, 0.2) is 11.5 Å². The van der Waals surface area contributed by atoms with Gasteiger partial charge < -0.3 is 14.8 Å². The molecule has 0 aromatic heterocycles. The van der Waals surface area contributed by atoms with Crippen LogP contribution in [-0.4, -0.2) is 44.3 Å². The summed E-state index contributed by atoms with van der Waals surface area (Å²) in [5.41, 5.74) is 1.30. The van der Waals surface area contributed by atoms with Gasteiger partial charge in [-0.25, -0.2) is 0 Å². The number of benzene rings is 1. The topological polar surface area (TPSA) is 33.7 Å². The van der Waals surface area contributed by atoms with Crippen molar-refractivity contribution in [3.8, 4) is 11.5 Å². The molecule has 0 amide bonds. The summed E-state index contributed by atoms with van der Waals surface area (Å²) in [6.07, 6.45) is 5.29. The number of ether oxygens (including phenoxy) is 2. The van der Waals surface area contributed by atoms with E-state index in [1.165, 1.54) is 44.3 Å². The van der Waals surface area contributed by atoms with Crippen molar-refractivity contribution in [2.24, 2.45) is 0 Å². The summed E-state index contributed by atoms with van der Waals surface area (Å²) >= 11 is 0. The molecule has 1 N–H and O–H groups in total. The summed E-state index contributed by atoms with van der Waals surface area (Å²) in [5.74, 6) is 1.63. The summed E-state index contributed by atoms with van der Waals surface area (Å²) in [4.78, 5) is 2.63. The molecule has 4 heteroatoms. The molecule has 0 bridgehead atoms. The Bertz CT molecular complexity index is 472. The Labute approximate surface area is 127 Å². The highest BCUT2D eigenvalue weighted by Crippen LogP contribution is 2.30. The molecular formula is C17H26N2O2. The maximum Gasteiger partial charge on any atom is 0.161 e. The van der Waals surface area contributed by atoms with Crippen LogP contribution in [0.5, 0.6) is 11.5 Å². The second-order valence-corrected chi connectivity index (χ2v) is 6.07. The zero-order chi connectivity index (χ0) is 14.7. The summed E-state index contributed by atoms with van der Waals surface area (Å²) in [7, 11) is 3.38. The van der Waals surface area contributed by atoms with E-state index in [0.29, 0.717) is 12.1 Å². The van der Waals surface area contributed by atoms with Crippen LogP contribution in [0.1, 0.15) is 31.2 Å². The Kier molecular flexibility index (Phi) is 4.66. The lowest BCUT2D eigenvalue weighted by atomic mass is 10.0. The third-order valence-electron chi connectivity index (χ3n) is 4.81. The maximum absolute atomic E-state index is 5.41. The second-order valence-electron chi connectivity index (χ2n) is 6.07. The quantitative estimate of drug-likeness (QED) is 0.903. The molecule has 0 spiro atoms. The van der Waals surface area contributed by atoms with Crippen LogP contribution in [0.3, 0.4) is 0 Å². The Morgan fingerprint density at radius 1 is 1.14 bits per heavy atom. The fourth-order valence-corrected chi connectivity index (χ4v) is 3.76. The molecular weight excluding hydrogens is 264 g/mol. The zero-order valence-electron chi connectivity index (χ0n) is 13.1. The number of hydrogen-bond acceptors (Lipinski definition) is 4. The van der Waals surface area contributed by atoms with Gasteiger partial charge in [-0.2, -0.15) is 0 Å². The van der Waals surface area contributed by atoms with E-state index in [1.54, 1.807) is 14.2 Å². The summed E-state index contributed by atoms with van der Waals surface area (Å²) < 4.78 is 10.7. The molecule has 2 atom stereocenters. The standard InChI is InChI=1S/C17H26N2O2/c1-20-16-8-7-13(11-17(16)21-2)12-19-10-4-6-15(19)14-5-3-9-18-14/h7-8,11,14-15,18H,3-6,9-10,12H2,1-2H3. The third-order valence-corrected chi connectivity index (χ3v) is 4.81. The summed E-state index contributed by atoms with van der Waals surface area (Å²) in [6.45, 7) is 3.39. The predicted molar refractivity (Wildman–Crippen MR) is 84.0 cm³/mol. The molecule has 2 aliphatic heterocycles. The van der Waals surface area contributed by atoms with Crippen LogP contribution in [0.15, 0.2) is 18.2 Å². The van der Waals surface area contributed by atoms with Gasteiger partial charge in [-0.05, 0) is 56.5 Å². The minimum Gasteiger partial charge on any atom is -0.493 e. The predicted octanol–water partition coefficient (Wildman–Crippen LogP) is 2.42.